The number of imidazole rings is 1. The van der Waals surface area contributed by atoms with Crippen LogP contribution in [0, 0.1) is 5.82 Å². The number of aromatic nitrogens is 4. The predicted molar refractivity (Wildman–Crippen MR) is 94.6 cm³/mol. The summed E-state index contributed by atoms with van der Waals surface area (Å²) in [7, 11) is 1.43. The number of ether oxygens (including phenoxy) is 1. The molecule has 0 spiro atoms. The first-order chi connectivity index (χ1) is 12.6. The van der Waals surface area contributed by atoms with Crippen molar-refractivity contribution in [2.24, 2.45) is 0 Å². The predicted octanol–water partition coefficient (Wildman–Crippen LogP) is 3.35. The van der Waals surface area contributed by atoms with Crippen LogP contribution in [0.1, 0.15) is 10.4 Å². The topological polar surface area (TPSA) is 95.7 Å². The number of carbonyl (C=O) groups is 1. The Morgan fingerprint density at radius 1 is 1.19 bits per heavy atom. The Balaban J connectivity index is 1.55. The lowest BCUT2D eigenvalue weighted by molar-refractivity contribution is 0.102. The first-order valence-electron chi connectivity index (χ1n) is 7.79. The number of rotatable bonds is 4. The Labute approximate surface area is 147 Å². The fourth-order valence-corrected chi connectivity index (χ4v) is 2.58. The molecule has 2 heterocycles. The second kappa shape index (κ2) is 6.32. The summed E-state index contributed by atoms with van der Waals surface area (Å²) in [4.78, 5) is 19.9. The monoisotopic (exact) mass is 351 g/mol. The summed E-state index contributed by atoms with van der Waals surface area (Å²) in [5, 5.41) is 9.38. The van der Waals surface area contributed by atoms with Crippen molar-refractivity contribution < 1.29 is 13.9 Å². The van der Waals surface area contributed by atoms with E-state index in [0.29, 0.717) is 17.3 Å². The number of H-pyrrole nitrogens is 2. The minimum absolute atomic E-state index is 0.0981. The zero-order valence-corrected chi connectivity index (χ0v) is 13.7. The van der Waals surface area contributed by atoms with Gasteiger partial charge in [0, 0.05) is 12.1 Å². The Kier molecular flexibility index (Phi) is 3.85. The molecule has 0 aliphatic carbocycles. The Morgan fingerprint density at radius 3 is 2.81 bits per heavy atom. The van der Waals surface area contributed by atoms with Crippen LogP contribution in [-0.2, 0) is 0 Å². The molecule has 0 aliphatic heterocycles. The van der Waals surface area contributed by atoms with E-state index in [9.17, 15) is 9.18 Å². The van der Waals surface area contributed by atoms with Crippen LogP contribution in [0.2, 0.25) is 0 Å². The van der Waals surface area contributed by atoms with Crippen LogP contribution in [-0.4, -0.2) is 33.2 Å². The number of benzene rings is 2. The van der Waals surface area contributed by atoms with Gasteiger partial charge in [0.25, 0.3) is 5.91 Å². The summed E-state index contributed by atoms with van der Waals surface area (Å²) in [5.41, 5.74) is 2.22. The van der Waals surface area contributed by atoms with E-state index >= 15 is 0 Å². The van der Waals surface area contributed by atoms with Gasteiger partial charge in [0.1, 0.15) is 17.3 Å². The summed E-state index contributed by atoms with van der Waals surface area (Å²) in [6.45, 7) is 0. The number of hydrogen-bond donors (Lipinski definition) is 3. The maximum Gasteiger partial charge on any atom is 0.259 e. The zero-order chi connectivity index (χ0) is 18.1. The number of aromatic amines is 2. The molecule has 0 fully saturated rings. The number of amides is 1. The molecule has 0 unspecified atom stereocenters. The first-order valence-corrected chi connectivity index (χ1v) is 7.79. The third-order valence-corrected chi connectivity index (χ3v) is 3.88. The zero-order valence-electron chi connectivity index (χ0n) is 13.7. The molecule has 2 aromatic heterocycles. The number of nitrogens with zero attached hydrogens (tertiary/aromatic N) is 2. The van der Waals surface area contributed by atoms with Crippen LogP contribution in [0.5, 0.6) is 5.75 Å². The van der Waals surface area contributed by atoms with E-state index in [-0.39, 0.29) is 11.4 Å². The third kappa shape index (κ3) is 2.88. The summed E-state index contributed by atoms with van der Waals surface area (Å²) >= 11 is 0. The second-order valence-electron chi connectivity index (χ2n) is 5.57. The van der Waals surface area contributed by atoms with Gasteiger partial charge in [-0.2, -0.15) is 5.10 Å². The molecule has 0 saturated heterocycles. The van der Waals surface area contributed by atoms with E-state index in [0.717, 1.165) is 17.1 Å². The summed E-state index contributed by atoms with van der Waals surface area (Å²) in [6, 6.07) is 13.3. The van der Waals surface area contributed by atoms with E-state index in [1.165, 1.54) is 19.2 Å². The summed E-state index contributed by atoms with van der Waals surface area (Å²) in [6.07, 6.45) is 0. The second-order valence-corrected chi connectivity index (χ2v) is 5.57. The van der Waals surface area contributed by atoms with Crippen molar-refractivity contribution in [1.82, 2.24) is 20.2 Å². The highest BCUT2D eigenvalue weighted by Crippen LogP contribution is 2.22. The number of methoxy groups -OCH3 is 1. The molecule has 0 bridgehead atoms. The van der Waals surface area contributed by atoms with Crippen LogP contribution in [0.25, 0.3) is 22.6 Å². The molecule has 0 saturated carbocycles. The Bertz CT molecular complexity index is 1070. The molecule has 3 N–H and O–H groups in total. The number of nitrogens with one attached hydrogen (secondary N) is 3. The normalized spacial score (nSPS) is 10.8. The van der Waals surface area contributed by atoms with Gasteiger partial charge in [-0.1, -0.05) is 12.1 Å². The lowest BCUT2D eigenvalue weighted by Crippen LogP contribution is -2.14. The highest BCUT2D eigenvalue weighted by atomic mass is 19.1. The molecule has 0 aliphatic rings. The van der Waals surface area contributed by atoms with Gasteiger partial charge in [-0.25, -0.2) is 9.37 Å². The lowest BCUT2D eigenvalue weighted by Gasteiger charge is -2.05. The smallest absolute Gasteiger partial charge is 0.259 e. The fourth-order valence-electron chi connectivity index (χ4n) is 2.58. The van der Waals surface area contributed by atoms with Crippen LogP contribution >= 0.6 is 0 Å². The van der Waals surface area contributed by atoms with E-state index in [2.05, 4.69) is 25.5 Å². The van der Waals surface area contributed by atoms with Crippen LogP contribution in [0.15, 0.2) is 48.5 Å². The van der Waals surface area contributed by atoms with Crippen molar-refractivity contribution in [2.75, 3.05) is 12.4 Å². The van der Waals surface area contributed by atoms with Gasteiger partial charge in [-0.05, 0) is 24.3 Å². The third-order valence-electron chi connectivity index (χ3n) is 3.88. The molecule has 1 amide bonds. The van der Waals surface area contributed by atoms with Crippen molar-refractivity contribution in [3.63, 3.8) is 0 Å². The molecular weight excluding hydrogens is 337 g/mol. The van der Waals surface area contributed by atoms with Crippen LogP contribution in [0.4, 0.5) is 10.2 Å². The van der Waals surface area contributed by atoms with Crippen LogP contribution < -0.4 is 10.1 Å². The van der Waals surface area contributed by atoms with Gasteiger partial charge in [0.2, 0.25) is 0 Å². The van der Waals surface area contributed by atoms with E-state index < -0.39 is 11.7 Å². The van der Waals surface area contributed by atoms with Crippen molar-refractivity contribution in [3.05, 3.63) is 59.9 Å². The standard InChI is InChI=1S/C18H14FN5O2/c1-26-10-6-7-11(12(19)8-10)18(25)22-16-9-15(23-24-16)17-20-13-4-2-3-5-14(13)21-17/h2-9H,1H3,(H,20,21)(H2,22,23,24,25). The van der Waals surface area contributed by atoms with Crippen molar-refractivity contribution >= 4 is 22.8 Å². The van der Waals surface area contributed by atoms with E-state index in [4.69, 9.17) is 4.74 Å². The minimum Gasteiger partial charge on any atom is -0.497 e. The maximum absolute atomic E-state index is 14.0. The molecule has 0 atom stereocenters. The molecule has 26 heavy (non-hydrogen) atoms. The number of anilines is 1. The van der Waals surface area contributed by atoms with Crippen molar-refractivity contribution in [2.45, 2.75) is 0 Å². The molecule has 2 aromatic carbocycles. The van der Waals surface area contributed by atoms with Crippen molar-refractivity contribution in [3.8, 4) is 17.3 Å². The molecule has 7 nitrogen and oxygen atoms in total. The largest absolute Gasteiger partial charge is 0.497 e. The highest BCUT2D eigenvalue weighted by molar-refractivity contribution is 6.04. The van der Waals surface area contributed by atoms with Gasteiger partial charge in [-0.15, -0.1) is 0 Å². The minimum atomic E-state index is -0.671. The molecule has 4 aromatic rings. The van der Waals surface area contributed by atoms with E-state index in [1.54, 1.807) is 6.07 Å². The summed E-state index contributed by atoms with van der Waals surface area (Å²) < 4.78 is 18.9. The molecule has 4 rings (SSSR count). The van der Waals surface area contributed by atoms with E-state index in [1.807, 2.05) is 24.3 Å². The average Bonchev–Trinajstić information content (AvgIpc) is 3.27. The number of para-hydroxylation sites is 2. The summed E-state index contributed by atoms with van der Waals surface area (Å²) in [5.74, 6) is -0.0794. The quantitative estimate of drug-likeness (QED) is 0.525. The molecule has 0 radical (unpaired) electrons. The Morgan fingerprint density at radius 2 is 2.04 bits per heavy atom. The molecule has 130 valence electrons. The van der Waals surface area contributed by atoms with Crippen molar-refractivity contribution in [1.29, 1.82) is 0 Å². The lowest BCUT2D eigenvalue weighted by atomic mass is 10.2. The number of halogens is 1. The highest BCUT2D eigenvalue weighted by Gasteiger charge is 2.15. The van der Waals surface area contributed by atoms with Gasteiger partial charge >= 0.3 is 0 Å². The SMILES string of the molecule is COc1ccc(C(=O)Nc2cc(-c3nc4ccccc4[nH]3)[nH]n2)c(F)c1. The molecular formula is C18H14FN5O2. The van der Waals surface area contributed by atoms with Crippen LogP contribution in [0.3, 0.4) is 0 Å². The Hall–Kier alpha value is -3.68. The fraction of sp³-hybridized carbons (Fsp3) is 0.0556. The number of carbonyl (C=O) groups excluding carboxylic acids is 1. The van der Waals surface area contributed by atoms with Gasteiger partial charge in [-0.3, -0.25) is 9.89 Å². The number of fused-ring (bicyclic) bond motifs is 1. The molecule has 8 heteroatoms. The average molecular weight is 351 g/mol. The maximum atomic E-state index is 14.0. The van der Waals surface area contributed by atoms with Gasteiger partial charge in [0.15, 0.2) is 11.6 Å². The van der Waals surface area contributed by atoms with Gasteiger partial charge in [0.05, 0.1) is 23.7 Å². The number of hydrogen-bond acceptors (Lipinski definition) is 4. The first kappa shape index (κ1) is 15.8. The van der Waals surface area contributed by atoms with Gasteiger partial charge < -0.3 is 15.0 Å².